The Morgan fingerprint density at radius 1 is 1.18 bits per heavy atom. The topological polar surface area (TPSA) is 51.0 Å². The van der Waals surface area contributed by atoms with E-state index in [0.717, 1.165) is 12.1 Å². The van der Waals surface area contributed by atoms with E-state index in [9.17, 15) is 26.7 Å². The van der Waals surface area contributed by atoms with Crippen LogP contribution in [0.15, 0.2) is 30.6 Å². The summed E-state index contributed by atoms with van der Waals surface area (Å²) in [6.07, 6.45) is -1.55. The molecule has 0 saturated carbocycles. The Balaban J connectivity index is 1.72. The SMILES string of the molecule is Cc1cc(-c2ncn(/C=C\C(=O)N3CCC(F)(F)CC3)n2)cc(C(F)(F)F)c1. The summed E-state index contributed by atoms with van der Waals surface area (Å²) in [6.45, 7) is 1.46. The molecule has 0 spiro atoms. The zero-order chi connectivity index (χ0) is 20.5. The number of hydrogen-bond acceptors (Lipinski definition) is 3. The Hall–Kier alpha value is -2.78. The molecule has 0 unspecified atom stereocenters. The number of piperidine rings is 1. The number of halogens is 5. The molecule has 0 radical (unpaired) electrons. The minimum atomic E-state index is -4.49. The van der Waals surface area contributed by atoms with Gasteiger partial charge in [0.2, 0.25) is 5.91 Å². The smallest absolute Gasteiger partial charge is 0.339 e. The first-order valence-electron chi connectivity index (χ1n) is 8.49. The number of amides is 1. The quantitative estimate of drug-likeness (QED) is 0.578. The lowest BCUT2D eigenvalue weighted by Gasteiger charge is -2.30. The molecule has 0 N–H and O–H groups in total. The molecule has 5 nitrogen and oxygen atoms in total. The van der Waals surface area contributed by atoms with Gasteiger partial charge in [0, 0.05) is 43.8 Å². The van der Waals surface area contributed by atoms with Gasteiger partial charge in [0.05, 0.1) is 5.56 Å². The molecule has 10 heteroatoms. The van der Waals surface area contributed by atoms with E-state index in [1.54, 1.807) is 0 Å². The average Bonchev–Trinajstić information content (AvgIpc) is 3.07. The maximum atomic E-state index is 13.1. The van der Waals surface area contributed by atoms with Crippen LogP contribution in [0.1, 0.15) is 24.0 Å². The first-order valence-corrected chi connectivity index (χ1v) is 8.49. The summed E-state index contributed by atoms with van der Waals surface area (Å²) in [7, 11) is 0. The fourth-order valence-corrected chi connectivity index (χ4v) is 2.85. The molecule has 1 saturated heterocycles. The first kappa shape index (κ1) is 20.0. The molecule has 0 aliphatic carbocycles. The molecule has 1 aliphatic heterocycles. The number of rotatable bonds is 3. The zero-order valence-corrected chi connectivity index (χ0v) is 14.9. The number of nitrogens with zero attached hydrogens (tertiary/aromatic N) is 4. The largest absolute Gasteiger partial charge is 0.416 e. The normalized spacial score (nSPS) is 17.3. The number of aromatic nitrogens is 3. The van der Waals surface area contributed by atoms with Crippen molar-refractivity contribution in [3.05, 3.63) is 41.7 Å². The van der Waals surface area contributed by atoms with E-state index in [4.69, 9.17) is 0 Å². The molecule has 1 aromatic carbocycles. The summed E-state index contributed by atoms with van der Waals surface area (Å²) in [5.74, 6) is -3.11. The summed E-state index contributed by atoms with van der Waals surface area (Å²) >= 11 is 0. The van der Waals surface area contributed by atoms with Gasteiger partial charge in [-0.25, -0.2) is 18.4 Å². The Kier molecular flexibility index (Phi) is 5.22. The molecule has 0 atom stereocenters. The Morgan fingerprint density at radius 2 is 1.86 bits per heavy atom. The fraction of sp³-hybridized carbons (Fsp3) is 0.389. The predicted molar refractivity (Wildman–Crippen MR) is 91.3 cm³/mol. The van der Waals surface area contributed by atoms with Crippen LogP contribution in [0, 0.1) is 6.92 Å². The van der Waals surface area contributed by atoms with Gasteiger partial charge in [-0.3, -0.25) is 4.79 Å². The number of benzene rings is 1. The lowest BCUT2D eigenvalue weighted by molar-refractivity contribution is -0.137. The van der Waals surface area contributed by atoms with E-state index >= 15 is 0 Å². The third kappa shape index (κ3) is 4.73. The summed E-state index contributed by atoms with van der Waals surface area (Å²) < 4.78 is 66.3. The van der Waals surface area contributed by atoms with E-state index in [1.807, 2.05) is 0 Å². The van der Waals surface area contributed by atoms with Crippen molar-refractivity contribution in [2.45, 2.75) is 31.9 Å². The van der Waals surface area contributed by atoms with Crippen molar-refractivity contribution in [3.63, 3.8) is 0 Å². The van der Waals surface area contributed by atoms with Crippen LogP contribution >= 0.6 is 0 Å². The number of carbonyl (C=O) groups excluding carboxylic acids is 1. The standard InChI is InChI=1S/C18H17F5N4O/c1-12-8-13(10-14(9-12)18(21,22)23)16-24-11-27(25-16)5-2-15(28)26-6-3-17(19,20)4-7-26/h2,5,8-11H,3-4,6-7H2,1H3/b5-2-. The van der Waals surface area contributed by atoms with Crippen LogP contribution in [0.2, 0.25) is 0 Å². The van der Waals surface area contributed by atoms with Gasteiger partial charge in [0.25, 0.3) is 5.92 Å². The van der Waals surface area contributed by atoms with Crippen molar-refractivity contribution < 1.29 is 26.7 Å². The van der Waals surface area contributed by atoms with Crippen LogP contribution in [0.4, 0.5) is 22.0 Å². The van der Waals surface area contributed by atoms with Gasteiger partial charge in [0.15, 0.2) is 5.82 Å². The molecule has 2 aromatic rings. The number of likely N-dealkylation sites (tertiary alicyclic amines) is 1. The van der Waals surface area contributed by atoms with Crippen molar-refractivity contribution in [1.29, 1.82) is 0 Å². The summed E-state index contributed by atoms with van der Waals surface area (Å²) in [6, 6.07) is 3.51. The number of aryl methyl sites for hydroxylation is 1. The molecular formula is C18H17F5N4O. The van der Waals surface area contributed by atoms with Crippen molar-refractivity contribution in [2.24, 2.45) is 0 Å². The van der Waals surface area contributed by atoms with E-state index in [1.165, 1.54) is 41.2 Å². The molecule has 1 aliphatic rings. The van der Waals surface area contributed by atoms with Crippen LogP contribution in [0.25, 0.3) is 17.6 Å². The minimum Gasteiger partial charge on any atom is -0.339 e. The van der Waals surface area contributed by atoms with E-state index in [2.05, 4.69) is 10.1 Å². The Bertz CT molecular complexity index is 894. The highest BCUT2D eigenvalue weighted by Crippen LogP contribution is 2.32. The molecule has 150 valence electrons. The van der Waals surface area contributed by atoms with E-state index in [0.29, 0.717) is 5.56 Å². The van der Waals surface area contributed by atoms with Crippen LogP contribution in [0.3, 0.4) is 0 Å². The second-order valence-corrected chi connectivity index (χ2v) is 6.63. The molecule has 0 bridgehead atoms. The number of carbonyl (C=O) groups is 1. The van der Waals surface area contributed by atoms with Gasteiger partial charge in [-0.15, -0.1) is 5.10 Å². The van der Waals surface area contributed by atoms with Gasteiger partial charge in [-0.1, -0.05) is 0 Å². The highest BCUT2D eigenvalue weighted by molar-refractivity contribution is 5.90. The van der Waals surface area contributed by atoms with Crippen LogP contribution in [0.5, 0.6) is 0 Å². The zero-order valence-electron chi connectivity index (χ0n) is 14.9. The summed E-state index contributed by atoms with van der Waals surface area (Å²) in [5.41, 5.74) is -0.190. The molecular weight excluding hydrogens is 383 g/mol. The number of hydrogen-bond donors (Lipinski definition) is 0. The molecule has 28 heavy (non-hydrogen) atoms. The monoisotopic (exact) mass is 400 g/mol. The highest BCUT2D eigenvalue weighted by Gasteiger charge is 2.35. The first-order chi connectivity index (χ1) is 13.0. The third-order valence-electron chi connectivity index (χ3n) is 4.35. The summed E-state index contributed by atoms with van der Waals surface area (Å²) in [4.78, 5) is 17.3. The molecule has 1 fully saturated rings. The summed E-state index contributed by atoms with van der Waals surface area (Å²) in [5, 5.41) is 4.05. The molecule has 1 aromatic heterocycles. The second-order valence-electron chi connectivity index (χ2n) is 6.63. The molecule has 3 rings (SSSR count). The van der Waals surface area contributed by atoms with Gasteiger partial charge in [-0.05, 0) is 30.7 Å². The lowest BCUT2D eigenvalue weighted by atomic mass is 10.1. The van der Waals surface area contributed by atoms with Crippen LogP contribution in [-0.4, -0.2) is 44.6 Å². The maximum absolute atomic E-state index is 13.1. The van der Waals surface area contributed by atoms with E-state index in [-0.39, 0.29) is 37.3 Å². The third-order valence-corrected chi connectivity index (χ3v) is 4.35. The average molecular weight is 400 g/mol. The van der Waals surface area contributed by atoms with Crippen LogP contribution in [-0.2, 0) is 11.0 Å². The minimum absolute atomic E-state index is 0.0394. The number of alkyl halides is 5. The highest BCUT2D eigenvalue weighted by atomic mass is 19.4. The Labute approximate surface area is 157 Å². The van der Waals surface area contributed by atoms with Gasteiger partial charge in [0.1, 0.15) is 6.33 Å². The van der Waals surface area contributed by atoms with Gasteiger partial charge in [-0.2, -0.15) is 13.2 Å². The van der Waals surface area contributed by atoms with Gasteiger partial charge < -0.3 is 4.90 Å². The second kappa shape index (κ2) is 7.33. The Morgan fingerprint density at radius 3 is 2.50 bits per heavy atom. The lowest BCUT2D eigenvalue weighted by Crippen LogP contribution is -2.42. The van der Waals surface area contributed by atoms with Crippen molar-refractivity contribution in [3.8, 4) is 11.4 Å². The van der Waals surface area contributed by atoms with Crippen molar-refractivity contribution >= 4 is 12.1 Å². The van der Waals surface area contributed by atoms with Gasteiger partial charge >= 0.3 is 6.18 Å². The predicted octanol–water partition coefficient (Wildman–Crippen LogP) is 4.00. The van der Waals surface area contributed by atoms with Crippen molar-refractivity contribution in [2.75, 3.05) is 13.1 Å². The van der Waals surface area contributed by atoms with Crippen molar-refractivity contribution in [1.82, 2.24) is 19.7 Å². The maximum Gasteiger partial charge on any atom is 0.416 e. The molecule has 2 heterocycles. The fourth-order valence-electron chi connectivity index (χ4n) is 2.85. The van der Waals surface area contributed by atoms with E-state index < -0.39 is 23.6 Å². The van der Waals surface area contributed by atoms with Crippen LogP contribution < -0.4 is 0 Å². The molecule has 1 amide bonds.